The number of amides is 2. The Morgan fingerprint density at radius 1 is 1.11 bits per heavy atom. The second-order valence-electron chi connectivity index (χ2n) is 7.66. The summed E-state index contributed by atoms with van der Waals surface area (Å²) in [6.07, 6.45) is 5.01. The minimum absolute atomic E-state index is 0.0385. The molecular formula is C21H26N4O2. The summed E-state index contributed by atoms with van der Waals surface area (Å²) in [5.74, 6) is 0.665. The number of hydrogen-bond donors (Lipinski definition) is 1. The lowest BCUT2D eigenvalue weighted by Crippen LogP contribution is -2.40. The van der Waals surface area contributed by atoms with E-state index >= 15 is 0 Å². The number of piperidine rings is 1. The molecule has 3 heterocycles. The summed E-state index contributed by atoms with van der Waals surface area (Å²) in [6, 6.07) is 9.36. The number of rotatable bonds is 3. The quantitative estimate of drug-likeness (QED) is 0.906. The van der Waals surface area contributed by atoms with Gasteiger partial charge in [0.25, 0.3) is 11.8 Å². The first-order valence-electron chi connectivity index (χ1n) is 9.88. The third kappa shape index (κ3) is 3.61. The Labute approximate surface area is 159 Å². The maximum atomic E-state index is 13.1. The maximum absolute atomic E-state index is 13.1. The van der Waals surface area contributed by atoms with Crippen LogP contribution in [-0.4, -0.2) is 39.4 Å². The fourth-order valence-corrected chi connectivity index (χ4v) is 4.12. The summed E-state index contributed by atoms with van der Waals surface area (Å²) in [5.41, 5.74) is 2.02. The van der Waals surface area contributed by atoms with Gasteiger partial charge in [-0.2, -0.15) is 0 Å². The van der Waals surface area contributed by atoms with Crippen LogP contribution in [0.5, 0.6) is 0 Å². The Kier molecular flexibility index (Phi) is 4.97. The van der Waals surface area contributed by atoms with Gasteiger partial charge in [0, 0.05) is 25.3 Å². The number of carbonyl (C=O) groups excluding carboxylic acids is 2. The van der Waals surface area contributed by atoms with E-state index in [4.69, 9.17) is 0 Å². The molecule has 1 aromatic heterocycles. The number of carbonyl (C=O) groups is 2. The van der Waals surface area contributed by atoms with Gasteiger partial charge in [-0.25, -0.2) is 4.98 Å². The second-order valence-corrected chi connectivity index (χ2v) is 7.66. The molecule has 1 saturated heterocycles. The van der Waals surface area contributed by atoms with Gasteiger partial charge in [-0.1, -0.05) is 25.1 Å². The van der Waals surface area contributed by atoms with Gasteiger partial charge in [-0.15, -0.1) is 0 Å². The van der Waals surface area contributed by atoms with Crippen molar-refractivity contribution in [2.45, 2.75) is 45.6 Å². The van der Waals surface area contributed by atoms with Gasteiger partial charge in [-0.3, -0.25) is 9.59 Å². The van der Waals surface area contributed by atoms with E-state index in [9.17, 15) is 9.59 Å². The molecule has 2 aliphatic rings. The van der Waals surface area contributed by atoms with Gasteiger partial charge in [0.2, 0.25) is 0 Å². The molecule has 0 spiro atoms. The first-order chi connectivity index (χ1) is 13.1. The van der Waals surface area contributed by atoms with Crippen LogP contribution in [0.2, 0.25) is 0 Å². The molecular weight excluding hydrogens is 340 g/mol. The Hall–Kier alpha value is -2.63. The number of anilines is 1. The normalized spacial score (nSPS) is 19.4. The molecule has 1 unspecified atom stereocenters. The number of aromatic nitrogens is 2. The zero-order valence-electron chi connectivity index (χ0n) is 15.8. The van der Waals surface area contributed by atoms with E-state index in [1.165, 1.54) is 0 Å². The molecule has 2 amide bonds. The van der Waals surface area contributed by atoms with Crippen LogP contribution < -0.4 is 5.32 Å². The first-order valence-corrected chi connectivity index (χ1v) is 9.88. The number of likely N-dealkylation sites (tertiary alicyclic amines) is 1. The zero-order valence-corrected chi connectivity index (χ0v) is 15.8. The molecule has 142 valence electrons. The van der Waals surface area contributed by atoms with E-state index in [-0.39, 0.29) is 11.8 Å². The fraction of sp³-hybridized carbons (Fsp3) is 0.476. The molecule has 1 aromatic carbocycles. The zero-order chi connectivity index (χ0) is 18.8. The van der Waals surface area contributed by atoms with Crippen molar-refractivity contribution < 1.29 is 9.59 Å². The van der Waals surface area contributed by atoms with Crippen LogP contribution in [0.15, 0.2) is 30.3 Å². The van der Waals surface area contributed by atoms with Crippen LogP contribution in [-0.2, 0) is 13.0 Å². The van der Waals surface area contributed by atoms with Crippen LogP contribution in [0.25, 0.3) is 0 Å². The number of imidazole rings is 1. The monoisotopic (exact) mass is 366 g/mol. The fourth-order valence-electron chi connectivity index (χ4n) is 4.12. The van der Waals surface area contributed by atoms with Gasteiger partial charge in [0.15, 0.2) is 11.5 Å². The topological polar surface area (TPSA) is 67.2 Å². The average molecular weight is 366 g/mol. The molecule has 0 saturated carbocycles. The lowest BCUT2D eigenvalue weighted by Gasteiger charge is -2.31. The van der Waals surface area contributed by atoms with Crippen LogP contribution in [0.1, 0.15) is 59.4 Å². The van der Waals surface area contributed by atoms with Crippen molar-refractivity contribution in [2.75, 3.05) is 18.4 Å². The van der Waals surface area contributed by atoms with Crippen molar-refractivity contribution in [3.8, 4) is 0 Å². The maximum Gasteiger partial charge on any atom is 0.289 e. The molecule has 0 bridgehead atoms. The van der Waals surface area contributed by atoms with Crippen molar-refractivity contribution in [2.24, 2.45) is 5.92 Å². The van der Waals surface area contributed by atoms with Crippen LogP contribution in [0.4, 0.5) is 5.69 Å². The van der Waals surface area contributed by atoms with Gasteiger partial charge in [-0.05, 0) is 50.2 Å². The van der Waals surface area contributed by atoms with Crippen molar-refractivity contribution in [1.82, 2.24) is 14.5 Å². The molecule has 2 aliphatic heterocycles. The Balaban J connectivity index is 1.63. The minimum atomic E-state index is -0.238. The summed E-state index contributed by atoms with van der Waals surface area (Å²) < 4.78 is 1.98. The number of hydrogen-bond acceptors (Lipinski definition) is 3. The molecule has 4 rings (SSSR count). The molecule has 2 aromatic rings. The summed E-state index contributed by atoms with van der Waals surface area (Å²) in [6.45, 7) is 4.48. The largest absolute Gasteiger partial charge is 0.336 e. The molecule has 6 heteroatoms. The lowest BCUT2D eigenvalue weighted by molar-refractivity contribution is 0.0664. The Morgan fingerprint density at radius 3 is 2.70 bits per heavy atom. The van der Waals surface area contributed by atoms with E-state index in [1.807, 2.05) is 39.8 Å². The van der Waals surface area contributed by atoms with Crippen LogP contribution >= 0.6 is 0 Å². The van der Waals surface area contributed by atoms with E-state index in [2.05, 4.69) is 17.2 Å². The number of benzene rings is 1. The molecule has 27 heavy (non-hydrogen) atoms. The third-order valence-electron chi connectivity index (χ3n) is 5.50. The molecule has 6 nitrogen and oxygen atoms in total. The van der Waals surface area contributed by atoms with Gasteiger partial charge < -0.3 is 14.8 Å². The highest BCUT2D eigenvalue weighted by molar-refractivity contribution is 6.05. The third-order valence-corrected chi connectivity index (χ3v) is 5.50. The van der Waals surface area contributed by atoms with E-state index < -0.39 is 0 Å². The van der Waals surface area contributed by atoms with Crippen molar-refractivity contribution in [3.63, 3.8) is 0 Å². The lowest BCUT2D eigenvalue weighted by atomic mass is 10.0. The van der Waals surface area contributed by atoms with Crippen LogP contribution in [0.3, 0.4) is 0 Å². The van der Waals surface area contributed by atoms with Gasteiger partial charge in [0.1, 0.15) is 0 Å². The molecule has 1 atom stereocenters. The van der Waals surface area contributed by atoms with Crippen molar-refractivity contribution in [1.29, 1.82) is 0 Å². The summed E-state index contributed by atoms with van der Waals surface area (Å²) in [4.78, 5) is 32.4. The standard InChI is InChI=1S/C21H26N4O2/c1-15-8-7-12-24(14-15)21(27)19-23-18(17-11-5-6-13-25(17)19)20(26)22-16-9-3-2-4-10-16/h2-4,9-10,15H,5-8,11-14H2,1H3,(H,22,26). The number of fused-ring (bicyclic) bond motifs is 1. The average Bonchev–Trinajstić information content (AvgIpc) is 3.08. The van der Waals surface area contributed by atoms with E-state index in [0.29, 0.717) is 17.4 Å². The predicted octanol–water partition coefficient (Wildman–Crippen LogP) is 3.34. The molecule has 1 N–H and O–H groups in total. The highest BCUT2D eigenvalue weighted by Crippen LogP contribution is 2.24. The SMILES string of the molecule is CC1CCCN(C(=O)c2nc(C(=O)Nc3ccccc3)c3n2CCCC3)C1. The van der Waals surface area contributed by atoms with E-state index in [1.54, 1.807) is 0 Å². The van der Waals surface area contributed by atoms with Crippen LogP contribution in [0, 0.1) is 5.92 Å². The number of nitrogens with zero attached hydrogens (tertiary/aromatic N) is 3. The summed E-state index contributed by atoms with van der Waals surface area (Å²) >= 11 is 0. The minimum Gasteiger partial charge on any atom is -0.336 e. The smallest absolute Gasteiger partial charge is 0.289 e. The molecule has 0 radical (unpaired) electrons. The Bertz CT molecular complexity index is 843. The molecule has 0 aliphatic carbocycles. The van der Waals surface area contributed by atoms with Gasteiger partial charge in [0.05, 0.1) is 5.69 Å². The highest BCUT2D eigenvalue weighted by Gasteiger charge is 2.31. The Morgan fingerprint density at radius 2 is 1.93 bits per heavy atom. The van der Waals surface area contributed by atoms with Gasteiger partial charge >= 0.3 is 0 Å². The number of nitrogens with one attached hydrogen (secondary N) is 1. The summed E-state index contributed by atoms with van der Waals surface area (Å²) in [5, 5.41) is 2.91. The summed E-state index contributed by atoms with van der Waals surface area (Å²) in [7, 11) is 0. The molecule has 1 fully saturated rings. The first kappa shape index (κ1) is 17.8. The van der Waals surface area contributed by atoms with Crippen molar-refractivity contribution in [3.05, 3.63) is 47.5 Å². The van der Waals surface area contributed by atoms with Crippen molar-refractivity contribution >= 4 is 17.5 Å². The number of para-hydroxylation sites is 1. The highest BCUT2D eigenvalue weighted by atomic mass is 16.2. The van der Waals surface area contributed by atoms with E-state index in [0.717, 1.165) is 63.1 Å². The predicted molar refractivity (Wildman–Crippen MR) is 104 cm³/mol. The second kappa shape index (κ2) is 7.55.